The maximum atomic E-state index is 13.5. The van der Waals surface area contributed by atoms with Crippen LogP contribution in [0.4, 0.5) is 14.5 Å². The summed E-state index contributed by atoms with van der Waals surface area (Å²) < 4.78 is 32.6. The number of hydrogen-bond donors (Lipinski definition) is 1. The number of nitrogens with one attached hydrogen (secondary N) is 1. The third-order valence-corrected chi connectivity index (χ3v) is 3.11. The molecular formula is C14H10F2INO2. The molecule has 3 nitrogen and oxygen atoms in total. The summed E-state index contributed by atoms with van der Waals surface area (Å²) in [6, 6.07) is 9.91. The third kappa shape index (κ3) is 3.44. The molecule has 0 heterocycles. The Hall–Kier alpha value is -1.70. The molecule has 0 fully saturated rings. The molecule has 0 aliphatic carbocycles. The highest BCUT2D eigenvalue weighted by atomic mass is 127. The van der Waals surface area contributed by atoms with Crippen LogP contribution in [0.15, 0.2) is 42.5 Å². The average Bonchev–Trinajstić information content (AvgIpc) is 2.44. The van der Waals surface area contributed by atoms with Gasteiger partial charge in [-0.25, -0.2) is 8.78 Å². The summed E-state index contributed by atoms with van der Waals surface area (Å²) in [6.07, 6.45) is 0. The van der Waals surface area contributed by atoms with E-state index in [1.165, 1.54) is 12.1 Å². The van der Waals surface area contributed by atoms with Gasteiger partial charge in [0.2, 0.25) is 5.91 Å². The van der Waals surface area contributed by atoms with E-state index in [4.69, 9.17) is 4.74 Å². The summed E-state index contributed by atoms with van der Waals surface area (Å²) in [5.41, 5.74) is 0.358. The van der Waals surface area contributed by atoms with Gasteiger partial charge in [-0.3, -0.25) is 4.79 Å². The highest BCUT2D eigenvalue weighted by Crippen LogP contribution is 2.32. The number of hydrogen-bond acceptors (Lipinski definition) is 2. The number of amides is 1. The van der Waals surface area contributed by atoms with E-state index < -0.39 is 17.4 Å². The fourth-order valence-electron chi connectivity index (χ4n) is 1.53. The second-order valence-electron chi connectivity index (χ2n) is 3.83. The van der Waals surface area contributed by atoms with Crippen LogP contribution in [0.3, 0.4) is 0 Å². The Morgan fingerprint density at radius 1 is 1.10 bits per heavy atom. The van der Waals surface area contributed by atoms with Gasteiger partial charge in [0.15, 0.2) is 23.1 Å². The molecule has 2 rings (SSSR count). The predicted octanol–water partition coefficient (Wildman–Crippen LogP) is 4.13. The van der Waals surface area contributed by atoms with Crippen LogP contribution in [0.25, 0.3) is 0 Å². The first-order valence-electron chi connectivity index (χ1n) is 5.68. The van der Waals surface area contributed by atoms with Crippen LogP contribution in [0.5, 0.6) is 11.5 Å². The molecule has 0 spiro atoms. The largest absolute Gasteiger partial charge is 0.449 e. The fourth-order valence-corrected chi connectivity index (χ4v) is 1.72. The summed E-state index contributed by atoms with van der Waals surface area (Å²) in [4.78, 5) is 11.4. The fraction of sp³-hybridized carbons (Fsp3) is 0.0714. The Kier molecular flexibility index (Phi) is 4.89. The molecule has 0 aliphatic heterocycles. The zero-order valence-corrected chi connectivity index (χ0v) is 12.4. The molecule has 1 amide bonds. The Bertz CT molecular complexity index is 614. The highest BCUT2D eigenvalue weighted by molar-refractivity contribution is 14.1. The summed E-state index contributed by atoms with van der Waals surface area (Å²) in [5.74, 6) is -2.16. The molecule has 104 valence electrons. The van der Waals surface area contributed by atoms with Crippen LogP contribution in [-0.4, -0.2) is 10.3 Å². The van der Waals surface area contributed by atoms with Crippen molar-refractivity contribution < 1.29 is 18.3 Å². The first kappa shape index (κ1) is 14.7. The first-order valence-corrected chi connectivity index (χ1v) is 7.21. The van der Waals surface area contributed by atoms with E-state index in [0.29, 0.717) is 5.69 Å². The Labute approximate surface area is 128 Å². The molecule has 2 aromatic rings. The second-order valence-corrected chi connectivity index (χ2v) is 4.59. The van der Waals surface area contributed by atoms with E-state index in [2.05, 4.69) is 5.32 Å². The quantitative estimate of drug-likeness (QED) is 0.631. The monoisotopic (exact) mass is 389 g/mol. The maximum absolute atomic E-state index is 13.5. The molecule has 0 saturated heterocycles. The molecule has 0 aromatic heterocycles. The molecule has 0 saturated carbocycles. The second kappa shape index (κ2) is 6.65. The molecule has 0 aliphatic rings. The van der Waals surface area contributed by atoms with Gasteiger partial charge in [-0.2, -0.15) is 0 Å². The molecule has 2 aromatic carbocycles. The van der Waals surface area contributed by atoms with Crippen LogP contribution >= 0.6 is 22.6 Å². The summed E-state index contributed by atoms with van der Waals surface area (Å²) in [6.45, 7) is 0. The van der Waals surface area contributed by atoms with Gasteiger partial charge in [-0.15, -0.1) is 0 Å². The van der Waals surface area contributed by atoms with Crippen molar-refractivity contribution in [1.29, 1.82) is 0 Å². The minimum Gasteiger partial charge on any atom is -0.449 e. The summed E-state index contributed by atoms with van der Waals surface area (Å²) >= 11 is 1.91. The smallest absolute Gasteiger partial charge is 0.234 e. The lowest BCUT2D eigenvalue weighted by atomic mass is 10.2. The number of carbonyl (C=O) groups is 1. The van der Waals surface area contributed by atoms with E-state index in [1.807, 2.05) is 22.6 Å². The number of halogens is 3. The molecule has 1 N–H and O–H groups in total. The normalized spacial score (nSPS) is 10.2. The number of rotatable bonds is 4. The summed E-state index contributed by atoms with van der Waals surface area (Å²) in [7, 11) is 0. The lowest BCUT2D eigenvalue weighted by Gasteiger charge is -2.12. The third-order valence-electron chi connectivity index (χ3n) is 2.41. The van der Waals surface area contributed by atoms with Crippen molar-refractivity contribution in [3.05, 3.63) is 54.1 Å². The number of ether oxygens (including phenoxy) is 1. The Morgan fingerprint density at radius 2 is 1.75 bits per heavy atom. The molecule has 0 unspecified atom stereocenters. The zero-order valence-electron chi connectivity index (χ0n) is 10.2. The van der Waals surface area contributed by atoms with Gasteiger partial charge < -0.3 is 10.1 Å². The molecule has 0 radical (unpaired) electrons. The van der Waals surface area contributed by atoms with Crippen molar-refractivity contribution in [2.45, 2.75) is 0 Å². The number of para-hydroxylation sites is 3. The minimum atomic E-state index is -0.806. The van der Waals surface area contributed by atoms with E-state index >= 15 is 0 Å². The van der Waals surface area contributed by atoms with Crippen LogP contribution in [-0.2, 0) is 4.79 Å². The highest BCUT2D eigenvalue weighted by Gasteiger charge is 2.13. The van der Waals surface area contributed by atoms with Gasteiger partial charge in [-0.05, 0) is 24.3 Å². The van der Waals surface area contributed by atoms with E-state index in [-0.39, 0.29) is 16.1 Å². The maximum Gasteiger partial charge on any atom is 0.234 e. The Balaban J connectivity index is 2.32. The van der Waals surface area contributed by atoms with Crippen LogP contribution in [0.2, 0.25) is 0 Å². The lowest BCUT2D eigenvalue weighted by Crippen LogP contribution is -2.12. The van der Waals surface area contributed by atoms with Crippen LogP contribution < -0.4 is 10.1 Å². The van der Waals surface area contributed by atoms with Crippen LogP contribution in [0, 0.1) is 11.6 Å². The lowest BCUT2D eigenvalue weighted by molar-refractivity contribution is -0.113. The molecule has 20 heavy (non-hydrogen) atoms. The van der Waals surface area contributed by atoms with Crippen molar-refractivity contribution in [2.24, 2.45) is 0 Å². The van der Waals surface area contributed by atoms with E-state index in [9.17, 15) is 13.6 Å². The molecular weight excluding hydrogens is 379 g/mol. The van der Waals surface area contributed by atoms with Gasteiger partial charge in [-0.1, -0.05) is 40.8 Å². The van der Waals surface area contributed by atoms with E-state index in [1.54, 1.807) is 18.2 Å². The van der Waals surface area contributed by atoms with E-state index in [0.717, 1.165) is 12.1 Å². The number of anilines is 1. The van der Waals surface area contributed by atoms with Gasteiger partial charge >= 0.3 is 0 Å². The number of carbonyl (C=O) groups excluding carboxylic acids is 1. The van der Waals surface area contributed by atoms with Crippen molar-refractivity contribution in [3.8, 4) is 11.5 Å². The van der Waals surface area contributed by atoms with Gasteiger partial charge in [0.25, 0.3) is 0 Å². The van der Waals surface area contributed by atoms with Gasteiger partial charge in [0, 0.05) is 0 Å². The minimum absolute atomic E-state index is 0.176. The van der Waals surface area contributed by atoms with Crippen molar-refractivity contribution >= 4 is 34.2 Å². The van der Waals surface area contributed by atoms with Gasteiger partial charge in [0.05, 0.1) is 10.1 Å². The van der Waals surface area contributed by atoms with Crippen molar-refractivity contribution in [3.63, 3.8) is 0 Å². The number of alkyl halides is 1. The van der Waals surface area contributed by atoms with Gasteiger partial charge in [0.1, 0.15) is 0 Å². The summed E-state index contributed by atoms with van der Waals surface area (Å²) in [5, 5.41) is 2.60. The Morgan fingerprint density at radius 3 is 2.40 bits per heavy atom. The topological polar surface area (TPSA) is 38.3 Å². The molecule has 6 heteroatoms. The van der Waals surface area contributed by atoms with Crippen molar-refractivity contribution in [2.75, 3.05) is 9.74 Å². The predicted molar refractivity (Wildman–Crippen MR) is 80.4 cm³/mol. The molecule has 0 atom stereocenters. The first-order chi connectivity index (χ1) is 9.61. The molecule has 0 bridgehead atoms. The van der Waals surface area contributed by atoms with Crippen molar-refractivity contribution in [1.82, 2.24) is 0 Å². The SMILES string of the molecule is O=C(CI)Nc1ccccc1Oc1c(F)cccc1F. The standard InChI is InChI=1S/C14H10F2INO2/c15-9-4-3-5-10(16)14(9)20-12-7-2-1-6-11(12)18-13(19)8-17/h1-7H,8H2,(H,18,19). The average molecular weight is 389 g/mol. The van der Waals surface area contributed by atoms with Crippen LogP contribution in [0.1, 0.15) is 0 Å². The zero-order chi connectivity index (χ0) is 14.5. The number of benzene rings is 2.